The molecule has 0 bridgehead atoms. The minimum atomic E-state index is -0.950. The number of hydrogen-bond donors (Lipinski definition) is 2. The molecule has 0 fully saturated rings. The molecule has 1 heterocycles. The highest BCUT2D eigenvalue weighted by atomic mass is 32.1. The zero-order valence-corrected chi connectivity index (χ0v) is 16.9. The number of anilines is 1. The Bertz CT molecular complexity index is 1150. The molecule has 3 rings (SSSR count). The SMILES string of the molecule is CC(NC(=O)c1cccc([N+](=O)[O-])c1)C(=O)Nc1ncc(Cc2ccc(F)cc2F)s1. The smallest absolute Gasteiger partial charge is 0.270 e. The first-order chi connectivity index (χ1) is 14.7. The molecule has 0 saturated carbocycles. The van der Waals surface area contributed by atoms with Crippen LogP contribution in [0.1, 0.15) is 27.7 Å². The van der Waals surface area contributed by atoms with Crippen LogP contribution in [-0.2, 0) is 11.2 Å². The molecule has 11 heteroatoms. The topological polar surface area (TPSA) is 114 Å². The van der Waals surface area contributed by atoms with E-state index in [2.05, 4.69) is 15.6 Å². The van der Waals surface area contributed by atoms with Crippen molar-refractivity contribution in [2.75, 3.05) is 5.32 Å². The largest absolute Gasteiger partial charge is 0.341 e. The van der Waals surface area contributed by atoms with Crippen LogP contribution in [0.2, 0.25) is 0 Å². The zero-order chi connectivity index (χ0) is 22.5. The molecule has 1 unspecified atom stereocenters. The summed E-state index contributed by atoms with van der Waals surface area (Å²) in [6.07, 6.45) is 1.65. The zero-order valence-electron chi connectivity index (χ0n) is 16.1. The summed E-state index contributed by atoms with van der Waals surface area (Å²) in [6, 6.07) is 7.49. The molecular weight excluding hydrogens is 430 g/mol. The summed E-state index contributed by atoms with van der Waals surface area (Å²) in [4.78, 5) is 39.5. The van der Waals surface area contributed by atoms with E-state index >= 15 is 0 Å². The molecule has 2 N–H and O–H groups in total. The van der Waals surface area contributed by atoms with Gasteiger partial charge in [0.25, 0.3) is 11.6 Å². The lowest BCUT2D eigenvalue weighted by atomic mass is 10.1. The van der Waals surface area contributed by atoms with Crippen LogP contribution in [0.4, 0.5) is 19.6 Å². The number of nitrogens with zero attached hydrogens (tertiary/aromatic N) is 2. The summed E-state index contributed by atoms with van der Waals surface area (Å²) in [5.41, 5.74) is 0.102. The molecule has 0 aliphatic carbocycles. The number of nitro groups is 1. The van der Waals surface area contributed by atoms with Crippen molar-refractivity contribution < 1.29 is 23.3 Å². The van der Waals surface area contributed by atoms with E-state index in [0.717, 1.165) is 29.5 Å². The Morgan fingerprint density at radius 1 is 1.23 bits per heavy atom. The molecular formula is C20H16F2N4O4S. The molecule has 2 aromatic carbocycles. The molecule has 2 amide bonds. The van der Waals surface area contributed by atoms with Gasteiger partial charge in [0.05, 0.1) is 4.92 Å². The van der Waals surface area contributed by atoms with Crippen molar-refractivity contribution in [1.29, 1.82) is 0 Å². The van der Waals surface area contributed by atoms with Gasteiger partial charge in [-0.05, 0) is 24.6 Å². The van der Waals surface area contributed by atoms with Gasteiger partial charge < -0.3 is 10.6 Å². The number of benzene rings is 2. The number of nitro benzene ring substituents is 1. The summed E-state index contributed by atoms with van der Waals surface area (Å²) >= 11 is 1.12. The van der Waals surface area contributed by atoms with Gasteiger partial charge in [-0.1, -0.05) is 12.1 Å². The van der Waals surface area contributed by atoms with Crippen molar-refractivity contribution in [2.24, 2.45) is 0 Å². The molecule has 3 aromatic rings. The number of halogens is 2. The van der Waals surface area contributed by atoms with Gasteiger partial charge in [0, 0.05) is 41.3 Å². The fourth-order valence-electron chi connectivity index (χ4n) is 2.62. The monoisotopic (exact) mass is 446 g/mol. The second-order valence-electron chi connectivity index (χ2n) is 6.54. The van der Waals surface area contributed by atoms with Crippen molar-refractivity contribution in [1.82, 2.24) is 10.3 Å². The number of nitrogens with one attached hydrogen (secondary N) is 2. The Morgan fingerprint density at radius 2 is 2.00 bits per heavy atom. The average molecular weight is 446 g/mol. The predicted octanol–water partition coefficient (Wildman–Crippen LogP) is 3.68. The van der Waals surface area contributed by atoms with Crippen molar-refractivity contribution in [3.63, 3.8) is 0 Å². The number of carbonyl (C=O) groups excluding carboxylic acids is 2. The maximum absolute atomic E-state index is 13.8. The number of thiazole rings is 1. The summed E-state index contributed by atoms with van der Waals surface area (Å²) in [5, 5.41) is 16.1. The van der Waals surface area contributed by atoms with Gasteiger partial charge in [-0.25, -0.2) is 13.8 Å². The number of carbonyl (C=O) groups is 2. The highest BCUT2D eigenvalue weighted by Crippen LogP contribution is 2.23. The first kappa shape index (κ1) is 22.0. The van der Waals surface area contributed by atoms with E-state index in [9.17, 15) is 28.5 Å². The van der Waals surface area contributed by atoms with Gasteiger partial charge >= 0.3 is 0 Å². The standard InChI is InChI=1S/C20H16F2N4O4S/c1-11(24-19(28)13-3-2-4-15(7-13)26(29)30)18(27)25-20-23-10-16(31-20)8-12-5-6-14(21)9-17(12)22/h2-7,9-11H,8H2,1H3,(H,24,28)(H,23,25,27). The summed E-state index contributed by atoms with van der Waals surface area (Å²) in [5.74, 6) is -2.53. The third-order valence-electron chi connectivity index (χ3n) is 4.22. The van der Waals surface area contributed by atoms with Gasteiger partial charge in [-0.3, -0.25) is 19.7 Å². The van der Waals surface area contributed by atoms with E-state index in [1.54, 1.807) is 0 Å². The molecule has 0 spiro atoms. The van der Waals surface area contributed by atoms with E-state index in [4.69, 9.17) is 0 Å². The van der Waals surface area contributed by atoms with Crippen LogP contribution in [0.15, 0.2) is 48.7 Å². The number of rotatable bonds is 7. The van der Waals surface area contributed by atoms with E-state index in [1.165, 1.54) is 37.4 Å². The third-order valence-corrected chi connectivity index (χ3v) is 5.14. The maximum Gasteiger partial charge on any atom is 0.270 e. The van der Waals surface area contributed by atoms with Crippen LogP contribution in [0.3, 0.4) is 0 Å². The predicted molar refractivity (Wildman–Crippen MR) is 110 cm³/mol. The summed E-state index contributed by atoms with van der Waals surface area (Å²) < 4.78 is 26.8. The Kier molecular flexibility index (Phi) is 6.65. The number of non-ortho nitro benzene ring substituents is 1. The van der Waals surface area contributed by atoms with Crippen molar-refractivity contribution in [2.45, 2.75) is 19.4 Å². The first-order valence-corrected chi connectivity index (χ1v) is 9.79. The Morgan fingerprint density at radius 3 is 2.71 bits per heavy atom. The van der Waals surface area contributed by atoms with Gasteiger partial charge in [-0.15, -0.1) is 11.3 Å². The number of aromatic nitrogens is 1. The van der Waals surface area contributed by atoms with Crippen LogP contribution in [0.25, 0.3) is 0 Å². The van der Waals surface area contributed by atoms with Gasteiger partial charge in [0.1, 0.15) is 17.7 Å². The summed E-state index contributed by atoms with van der Waals surface area (Å²) in [7, 11) is 0. The molecule has 0 saturated heterocycles. The minimum absolute atomic E-state index is 0.0479. The van der Waals surface area contributed by atoms with E-state index in [-0.39, 0.29) is 22.8 Å². The molecule has 31 heavy (non-hydrogen) atoms. The van der Waals surface area contributed by atoms with Gasteiger partial charge in [-0.2, -0.15) is 0 Å². The van der Waals surface area contributed by atoms with Gasteiger partial charge in [0.15, 0.2) is 5.13 Å². The second kappa shape index (κ2) is 9.39. The summed E-state index contributed by atoms with van der Waals surface area (Å²) in [6.45, 7) is 1.45. The van der Waals surface area contributed by atoms with Crippen LogP contribution >= 0.6 is 11.3 Å². The van der Waals surface area contributed by atoms with Crippen LogP contribution in [0, 0.1) is 21.7 Å². The molecule has 0 aliphatic heterocycles. The van der Waals surface area contributed by atoms with E-state index < -0.39 is 34.4 Å². The van der Waals surface area contributed by atoms with Crippen molar-refractivity contribution in [3.05, 3.63) is 86.4 Å². The lowest BCUT2D eigenvalue weighted by molar-refractivity contribution is -0.384. The molecule has 8 nitrogen and oxygen atoms in total. The highest BCUT2D eigenvalue weighted by Gasteiger charge is 2.19. The normalized spacial score (nSPS) is 11.6. The molecule has 160 valence electrons. The first-order valence-electron chi connectivity index (χ1n) is 8.97. The fourth-order valence-corrected chi connectivity index (χ4v) is 3.46. The van der Waals surface area contributed by atoms with Crippen LogP contribution in [0.5, 0.6) is 0 Å². The lowest BCUT2D eigenvalue weighted by Crippen LogP contribution is -2.41. The molecule has 1 aromatic heterocycles. The Hall–Kier alpha value is -3.73. The van der Waals surface area contributed by atoms with E-state index in [1.807, 2.05) is 0 Å². The lowest BCUT2D eigenvalue weighted by Gasteiger charge is -2.13. The average Bonchev–Trinajstić information content (AvgIpc) is 3.16. The minimum Gasteiger partial charge on any atom is -0.341 e. The van der Waals surface area contributed by atoms with E-state index in [0.29, 0.717) is 10.4 Å². The molecule has 0 aliphatic rings. The van der Waals surface area contributed by atoms with Crippen molar-refractivity contribution in [3.8, 4) is 0 Å². The third kappa shape index (κ3) is 5.66. The second-order valence-corrected chi connectivity index (χ2v) is 7.65. The van der Waals surface area contributed by atoms with Crippen molar-refractivity contribution >= 4 is 34.0 Å². The Balaban J connectivity index is 1.59. The molecule has 0 radical (unpaired) electrons. The quantitative estimate of drug-likeness (QED) is 0.425. The van der Waals surface area contributed by atoms with Crippen LogP contribution < -0.4 is 10.6 Å². The maximum atomic E-state index is 13.8. The van der Waals surface area contributed by atoms with Crippen LogP contribution in [-0.4, -0.2) is 27.8 Å². The fraction of sp³-hybridized carbons (Fsp3) is 0.150. The Labute approximate surface area is 179 Å². The molecule has 1 atom stereocenters. The number of hydrogen-bond acceptors (Lipinski definition) is 6. The highest BCUT2D eigenvalue weighted by molar-refractivity contribution is 7.15. The number of amides is 2. The van der Waals surface area contributed by atoms with Gasteiger partial charge in [0.2, 0.25) is 5.91 Å².